The van der Waals surface area contributed by atoms with E-state index >= 15 is 0 Å². The van der Waals surface area contributed by atoms with Crippen molar-refractivity contribution in [3.63, 3.8) is 0 Å². The first-order valence-electron chi connectivity index (χ1n) is 9.68. The van der Waals surface area contributed by atoms with Gasteiger partial charge in [-0.2, -0.15) is 8.78 Å². The van der Waals surface area contributed by atoms with E-state index in [9.17, 15) is 13.6 Å². The Bertz CT molecular complexity index is 753. The van der Waals surface area contributed by atoms with Gasteiger partial charge in [-0.15, -0.1) is 0 Å². The fourth-order valence-electron chi connectivity index (χ4n) is 3.08. The number of hydrogen-bond acceptors (Lipinski definition) is 5. The van der Waals surface area contributed by atoms with Crippen molar-refractivity contribution in [2.45, 2.75) is 52.0 Å². The van der Waals surface area contributed by atoms with Gasteiger partial charge in [-0.05, 0) is 44.9 Å². The van der Waals surface area contributed by atoms with Gasteiger partial charge < -0.3 is 29.7 Å². The van der Waals surface area contributed by atoms with Gasteiger partial charge in [0.05, 0.1) is 13.2 Å². The van der Waals surface area contributed by atoms with Crippen LogP contribution in [-0.2, 0) is 11.3 Å². The van der Waals surface area contributed by atoms with E-state index in [1.807, 2.05) is 25.7 Å². The Morgan fingerprint density at radius 1 is 1.33 bits per heavy atom. The fourth-order valence-corrected chi connectivity index (χ4v) is 3.08. The summed E-state index contributed by atoms with van der Waals surface area (Å²) in [5, 5.41) is 6.08. The van der Waals surface area contributed by atoms with E-state index in [4.69, 9.17) is 9.47 Å². The Balaban J connectivity index is 1.92. The highest BCUT2D eigenvalue weighted by molar-refractivity contribution is 5.80. The molecule has 1 aromatic rings. The van der Waals surface area contributed by atoms with Crippen molar-refractivity contribution in [3.05, 3.63) is 23.8 Å². The van der Waals surface area contributed by atoms with Gasteiger partial charge in [0.15, 0.2) is 17.5 Å². The first kappa shape index (κ1) is 23.5. The molecule has 1 aliphatic heterocycles. The van der Waals surface area contributed by atoms with Gasteiger partial charge >= 0.3 is 12.7 Å². The molecule has 0 bridgehead atoms. The third kappa shape index (κ3) is 7.23. The van der Waals surface area contributed by atoms with Gasteiger partial charge in [0.1, 0.15) is 5.60 Å². The average Bonchev–Trinajstić information content (AvgIpc) is 3.08. The third-order valence-electron chi connectivity index (χ3n) is 4.32. The van der Waals surface area contributed by atoms with Crippen molar-refractivity contribution in [3.8, 4) is 11.5 Å². The smallest absolute Gasteiger partial charge is 0.407 e. The highest BCUT2D eigenvalue weighted by Crippen LogP contribution is 2.29. The van der Waals surface area contributed by atoms with Crippen LogP contribution in [0.25, 0.3) is 0 Å². The predicted molar refractivity (Wildman–Crippen MR) is 109 cm³/mol. The van der Waals surface area contributed by atoms with Crippen molar-refractivity contribution in [2.24, 2.45) is 4.99 Å². The predicted octanol–water partition coefficient (Wildman–Crippen LogP) is 2.97. The number of likely N-dealkylation sites (tertiary alicyclic amines) is 1. The highest BCUT2D eigenvalue weighted by Gasteiger charge is 2.27. The number of amides is 1. The first-order valence-corrected chi connectivity index (χ1v) is 9.68. The van der Waals surface area contributed by atoms with Gasteiger partial charge in [-0.3, -0.25) is 4.99 Å². The summed E-state index contributed by atoms with van der Waals surface area (Å²) >= 11 is 0. The Morgan fingerprint density at radius 2 is 2.07 bits per heavy atom. The van der Waals surface area contributed by atoms with Crippen LogP contribution in [0.1, 0.15) is 32.8 Å². The number of alkyl carbamates (subject to hydrolysis) is 1. The minimum atomic E-state index is -2.94. The van der Waals surface area contributed by atoms with Crippen LogP contribution < -0.4 is 20.1 Å². The molecule has 1 saturated heterocycles. The van der Waals surface area contributed by atoms with E-state index in [1.54, 1.807) is 19.2 Å². The fraction of sp³-hybridized carbons (Fsp3) is 0.600. The molecular weight excluding hydrogens is 398 g/mol. The molecule has 2 N–H and O–H groups in total. The lowest BCUT2D eigenvalue weighted by Gasteiger charge is -2.23. The monoisotopic (exact) mass is 428 g/mol. The lowest BCUT2D eigenvalue weighted by Crippen LogP contribution is -2.44. The molecule has 0 radical (unpaired) electrons. The lowest BCUT2D eigenvalue weighted by atomic mass is 10.2. The van der Waals surface area contributed by atoms with E-state index in [-0.39, 0.29) is 17.5 Å². The SMILES string of the molecule is CN=C(NCc1ccc(OC)c(OC(F)F)c1)N1CCC(NC(=O)OC(C)(C)C)C1. The molecule has 1 atom stereocenters. The number of nitrogens with zero attached hydrogens (tertiary/aromatic N) is 2. The summed E-state index contributed by atoms with van der Waals surface area (Å²) in [5.41, 5.74) is 0.181. The van der Waals surface area contributed by atoms with Gasteiger partial charge in [-0.25, -0.2) is 4.79 Å². The Hall–Kier alpha value is -2.78. The van der Waals surface area contributed by atoms with Crippen LogP contribution in [0.5, 0.6) is 11.5 Å². The maximum Gasteiger partial charge on any atom is 0.407 e. The number of aliphatic imine (C=N–C) groups is 1. The van der Waals surface area contributed by atoms with Crippen molar-refractivity contribution >= 4 is 12.1 Å². The minimum absolute atomic E-state index is 0.0235. The molecule has 168 valence electrons. The quantitative estimate of drug-likeness (QED) is 0.535. The minimum Gasteiger partial charge on any atom is -0.493 e. The molecule has 0 saturated carbocycles. The Morgan fingerprint density at radius 3 is 2.67 bits per heavy atom. The number of carbonyl (C=O) groups excluding carboxylic acids is 1. The summed E-state index contributed by atoms with van der Waals surface area (Å²) in [6, 6.07) is 4.79. The van der Waals surface area contributed by atoms with Crippen LogP contribution in [0.2, 0.25) is 0 Å². The average molecular weight is 428 g/mol. The van der Waals surface area contributed by atoms with Gasteiger partial charge in [-0.1, -0.05) is 6.07 Å². The number of nitrogens with one attached hydrogen (secondary N) is 2. The largest absolute Gasteiger partial charge is 0.493 e. The van der Waals surface area contributed by atoms with Gasteiger partial charge in [0.25, 0.3) is 0 Å². The van der Waals surface area contributed by atoms with Crippen LogP contribution in [0.4, 0.5) is 13.6 Å². The number of hydrogen-bond donors (Lipinski definition) is 2. The first-order chi connectivity index (χ1) is 14.1. The van der Waals surface area contributed by atoms with Crippen LogP contribution in [0.3, 0.4) is 0 Å². The summed E-state index contributed by atoms with van der Waals surface area (Å²) in [6.45, 7) is 4.16. The summed E-state index contributed by atoms with van der Waals surface area (Å²) in [6.07, 6.45) is 0.316. The molecule has 2 rings (SSSR count). The molecule has 0 aliphatic carbocycles. The number of rotatable bonds is 6. The maximum absolute atomic E-state index is 12.6. The standard InChI is InChI=1S/C20H30F2N4O4/c1-20(2,3)30-19(27)25-14-8-9-26(12-14)18(23-4)24-11-13-6-7-15(28-5)16(10-13)29-17(21)22/h6-7,10,14,17H,8-9,11-12H2,1-5H3,(H,23,24)(H,25,27). The van der Waals surface area contributed by atoms with Gasteiger partial charge in [0, 0.05) is 26.7 Å². The molecule has 1 amide bonds. The summed E-state index contributed by atoms with van der Waals surface area (Å²) in [7, 11) is 3.05. The van der Waals surface area contributed by atoms with Gasteiger partial charge in [0.2, 0.25) is 0 Å². The molecule has 8 nitrogen and oxygen atoms in total. The van der Waals surface area contributed by atoms with E-state index in [0.29, 0.717) is 25.6 Å². The number of methoxy groups -OCH3 is 1. The van der Waals surface area contributed by atoms with Crippen molar-refractivity contribution < 1.29 is 27.8 Å². The number of carbonyl (C=O) groups is 1. The van der Waals surface area contributed by atoms with Crippen LogP contribution >= 0.6 is 0 Å². The lowest BCUT2D eigenvalue weighted by molar-refractivity contribution is -0.0512. The second-order valence-corrected chi connectivity index (χ2v) is 7.84. The molecule has 1 aromatic carbocycles. The number of guanidine groups is 1. The van der Waals surface area contributed by atoms with Crippen LogP contribution in [-0.4, -0.2) is 62.5 Å². The molecule has 1 heterocycles. The highest BCUT2D eigenvalue weighted by atomic mass is 19.3. The zero-order valence-electron chi connectivity index (χ0n) is 18.0. The molecule has 0 spiro atoms. The van der Waals surface area contributed by atoms with E-state index < -0.39 is 18.3 Å². The molecular formula is C20H30F2N4O4. The molecule has 10 heteroatoms. The molecule has 1 unspecified atom stereocenters. The zero-order chi connectivity index (χ0) is 22.3. The molecule has 0 aromatic heterocycles. The normalized spacial score (nSPS) is 17.1. The number of benzene rings is 1. The summed E-state index contributed by atoms with van der Waals surface area (Å²) in [5.74, 6) is 0.860. The maximum atomic E-state index is 12.6. The Labute approximate surface area is 175 Å². The topological polar surface area (TPSA) is 84.4 Å². The zero-order valence-corrected chi connectivity index (χ0v) is 18.0. The van der Waals surface area contributed by atoms with Crippen LogP contribution in [0.15, 0.2) is 23.2 Å². The van der Waals surface area contributed by atoms with Crippen molar-refractivity contribution in [1.82, 2.24) is 15.5 Å². The van der Waals surface area contributed by atoms with E-state index in [2.05, 4.69) is 20.4 Å². The molecule has 1 aliphatic rings. The van der Waals surface area contributed by atoms with E-state index in [1.165, 1.54) is 13.2 Å². The summed E-state index contributed by atoms with van der Waals surface area (Å²) < 4.78 is 40.1. The van der Waals surface area contributed by atoms with Crippen LogP contribution in [0, 0.1) is 0 Å². The Kier molecular flexibility index (Phi) is 8.08. The van der Waals surface area contributed by atoms with E-state index in [0.717, 1.165) is 12.0 Å². The van der Waals surface area contributed by atoms with Crippen molar-refractivity contribution in [1.29, 1.82) is 0 Å². The number of alkyl halides is 2. The number of ether oxygens (including phenoxy) is 3. The third-order valence-corrected chi connectivity index (χ3v) is 4.32. The number of halogens is 2. The molecule has 1 fully saturated rings. The van der Waals surface area contributed by atoms with Crippen molar-refractivity contribution in [2.75, 3.05) is 27.2 Å². The summed E-state index contributed by atoms with van der Waals surface area (Å²) in [4.78, 5) is 18.2. The second kappa shape index (κ2) is 10.3. The second-order valence-electron chi connectivity index (χ2n) is 7.84. The molecule has 30 heavy (non-hydrogen) atoms.